The van der Waals surface area contributed by atoms with Crippen LogP contribution >= 0.6 is 0 Å². The van der Waals surface area contributed by atoms with E-state index in [0.717, 1.165) is 0 Å². The molecule has 8 heteroatoms. The van der Waals surface area contributed by atoms with Gasteiger partial charge < -0.3 is 15.8 Å². The summed E-state index contributed by atoms with van der Waals surface area (Å²) < 4.78 is 40.3. The monoisotopic (exact) mass is 305 g/mol. The first kappa shape index (κ1) is 17.2. The van der Waals surface area contributed by atoms with Crippen molar-refractivity contribution < 1.29 is 22.7 Å². The lowest BCUT2D eigenvalue weighted by Gasteiger charge is -2.17. The molecule has 0 spiro atoms. The minimum atomic E-state index is -4.41. The van der Waals surface area contributed by atoms with Crippen LogP contribution in [0.2, 0.25) is 0 Å². The Morgan fingerprint density at radius 3 is 2.52 bits per heavy atom. The number of nitrogens with two attached hydrogens (primary N) is 1. The predicted octanol–water partition coefficient (Wildman–Crippen LogP) is 2.48. The number of nitrogens with one attached hydrogen (secondary N) is 1. The largest absolute Gasteiger partial charge is 0.468 e. The Morgan fingerprint density at radius 2 is 2.05 bits per heavy atom. The van der Waals surface area contributed by atoms with Gasteiger partial charge in [-0.25, -0.2) is 4.98 Å². The number of pyridine rings is 1. The van der Waals surface area contributed by atoms with Crippen molar-refractivity contribution in [3.05, 3.63) is 18.3 Å². The van der Waals surface area contributed by atoms with E-state index in [-0.39, 0.29) is 18.2 Å². The summed E-state index contributed by atoms with van der Waals surface area (Å²) in [6.07, 6.45) is -2.42. The van der Waals surface area contributed by atoms with Gasteiger partial charge in [-0.15, -0.1) is 0 Å². The molecule has 1 aromatic heterocycles. The molecule has 0 aromatic carbocycles. The van der Waals surface area contributed by atoms with Gasteiger partial charge in [0.2, 0.25) is 11.8 Å². The molecule has 0 saturated carbocycles. The van der Waals surface area contributed by atoms with E-state index >= 15 is 0 Å². The summed E-state index contributed by atoms with van der Waals surface area (Å²) in [5.74, 6) is -0.396. The fraction of sp³-hybridized carbons (Fsp3) is 0.538. The molecule has 0 fully saturated rings. The maximum absolute atomic E-state index is 12.0. The van der Waals surface area contributed by atoms with Crippen molar-refractivity contribution in [1.29, 1.82) is 0 Å². The van der Waals surface area contributed by atoms with Crippen LogP contribution in [-0.4, -0.2) is 29.2 Å². The van der Waals surface area contributed by atoms with Crippen LogP contribution in [-0.2, 0) is 4.79 Å². The van der Waals surface area contributed by atoms with Gasteiger partial charge in [-0.2, -0.15) is 13.2 Å². The van der Waals surface area contributed by atoms with Crippen LogP contribution in [0.25, 0.3) is 0 Å². The molecule has 0 unspecified atom stereocenters. The quantitative estimate of drug-likeness (QED) is 0.846. The lowest BCUT2D eigenvalue weighted by molar-refractivity contribution is -0.154. The van der Waals surface area contributed by atoms with Crippen LogP contribution in [0.5, 0.6) is 5.88 Å². The summed E-state index contributed by atoms with van der Waals surface area (Å²) in [4.78, 5) is 15.3. The lowest BCUT2D eigenvalue weighted by Crippen LogP contribution is -2.33. The highest BCUT2D eigenvalue weighted by molar-refractivity contribution is 5.90. The first-order valence-electron chi connectivity index (χ1n) is 6.29. The number of carbonyl (C=O) groups excluding carboxylic acids is 1. The minimum absolute atomic E-state index is 0.159. The van der Waals surface area contributed by atoms with Crippen LogP contribution < -0.4 is 15.8 Å². The predicted molar refractivity (Wildman–Crippen MR) is 71.9 cm³/mol. The molecule has 0 aliphatic rings. The highest BCUT2D eigenvalue weighted by Gasteiger charge is 2.28. The number of hydrogen-bond acceptors (Lipinski definition) is 4. The number of hydrogen-bond donors (Lipinski definition) is 2. The number of nitrogens with zero attached hydrogens (tertiary/aromatic N) is 1. The normalized spacial score (nSPS) is 12.1. The van der Waals surface area contributed by atoms with Gasteiger partial charge in [0.05, 0.1) is 11.9 Å². The van der Waals surface area contributed by atoms with Gasteiger partial charge in [-0.3, -0.25) is 4.79 Å². The van der Waals surface area contributed by atoms with E-state index in [9.17, 15) is 18.0 Å². The molecule has 1 heterocycles. The SMILES string of the molecule is CC(C)(N)CCC(=O)Nc1ccc(OCC(F)(F)F)nc1. The molecule has 21 heavy (non-hydrogen) atoms. The van der Waals surface area contributed by atoms with Crippen molar-refractivity contribution in [2.45, 2.75) is 38.4 Å². The highest BCUT2D eigenvalue weighted by atomic mass is 19.4. The Kier molecular flexibility index (Phi) is 5.54. The van der Waals surface area contributed by atoms with Crippen molar-refractivity contribution in [1.82, 2.24) is 4.98 Å². The second kappa shape index (κ2) is 6.75. The Balaban J connectivity index is 2.45. The molecule has 0 aliphatic carbocycles. The van der Waals surface area contributed by atoms with Crippen LogP contribution in [0.4, 0.5) is 18.9 Å². The van der Waals surface area contributed by atoms with Crippen LogP contribution in [0, 0.1) is 0 Å². The average Bonchev–Trinajstić information content (AvgIpc) is 2.34. The van der Waals surface area contributed by atoms with Gasteiger partial charge in [0.15, 0.2) is 6.61 Å². The van der Waals surface area contributed by atoms with E-state index in [1.807, 2.05) is 13.8 Å². The Labute approximate surface area is 120 Å². The number of alkyl halides is 3. The van der Waals surface area contributed by atoms with E-state index in [0.29, 0.717) is 12.1 Å². The van der Waals surface area contributed by atoms with E-state index in [1.54, 1.807) is 0 Å². The zero-order valence-corrected chi connectivity index (χ0v) is 11.8. The van der Waals surface area contributed by atoms with Crippen molar-refractivity contribution in [3.63, 3.8) is 0 Å². The summed E-state index contributed by atoms with van der Waals surface area (Å²) in [6, 6.07) is 2.68. The Hall–Kier alpha value is -1.83. The number of ether oxygens (including phenoxy) is 1. The van der Waals surface area contributed by atoms with Crippen LogP contribution in [0.1, 0.15) is 26.7 Å². The van der Waals surface area contributed by atoms with Crippen molar-refractivity contribution in [3.8, 4) is 5.88 Å². The Bertz CT molecular complexity index is 467. The number of aromatic nitrogens is 1. The first-order valence-corrected chi connectivity index (χ1v) is 6.29. The smallest absolute Gasteiger partial charge is 0.422 e. The zero-order chi connectivity index (χ0) is 16.1. The Morgan fingerprint density at radius 1 is 1.38 bits per heavy atom. The molecule has 0 aliphatic heterocycles. The third-order valence-corrected chi connectivity index (χ3v) is 2.40. The molecule has 118 valence electrons. The summed E-state index contributed by atoms with van der Waals surface area (Å²) in [6.45, 7) is 2.22. The molecule has 5 nitrogen and oxygen atoms in total. The topological polar surface area (TPSA) is 77.2 Å². The van der Waals surface area contributed by atoms with Crippen molar-refractivity contribution >= 4 is 11.6 Å². The first-order chi connectivity index (χ1) is 9.55. The summed E-state index contributed by atoms with van der Waals surface area (Å²) in [5.41, 5.74) is 5.71. The van der Waals surface area contributed by atoms with E-state index in [4.69, 9.17) is 5.73 Å². The number of rotatable bonds is 6. The van der Waals surface area contributed by atoms with Gasteiger partial charge in [0.25, 0.3) is 0 Å². The van der Waals surface area contributed by atoms with Gasteiger partial charge >= 0.3 is 6.18 Å². The third kappa shape index (κ3) is 8.13. The third-order valence-electron chi connectivity index (χ3n) is 2.40. The molecule has 0 saturated heterocycles. The lowest BCUT2D eigenvalue weighted by atomic mass is 10.00. The number of halogens is 3. The number of amides is 1. The van der Waals surface area contributed by atoms with Crippen LogP contribution in [0.3, 0.4) is 0 Å². The molecule has 3 N–H and O–H groups in total. The van der Waals surface area contributed by atoms with Gasteiger partial charge in [0, 0.05) is 18.0 Å². The number of carbonyl (C=O) groups is 1. The van der Waals surface area contributed by atoms with Crippen molar-refractivity contribution in [2.75, 3.05) is 11.9 Å². The average molecular weight is 305 g/mol. The van der Waals surface area contributed by atoms with Gasteiger partial charge in [-0.05, 0) is 26.3 Å². The highest BCUT2D eigenvalue weighted by Crippen LogP contribution is 2.18. The fourth-order valence-electron chi connectivity index (χ4n) is 1.35. The molecular formula is C13H18F3N3O2. The summed E-state index contributed by atoms with van der Waals surface area (Å²) >= 11 is 0. The zero-order valence-electron chi connectivity index (χ0n) is 11.8. The standard InChI is InChI=1S/C13H18F3N3O2/c1-12(2,17)6-5-10(20)19-9-3-4-11(18-7-9)21-8-13(14,15)16/h3-4,7H,5-6,8,17H2,1-2H3,(H,19,20). The second-order valence-electron chi connectivity index (χ2n) is 5.33. The number of anilines is 1. The molecule has 1 aromatic rings. The summed E-state index contributed by atoms with van der Waals surface area (Å²) in [7, 11) is 0. The van der Waals surface area contributed by atoms with Gasteiger partial charge in [-0.1, -0.05) is 0 Å². The minimum Gasteiger partial charge on any atom is -0.468 e. The molecular weight excluding hydrogens is 287 g/mol. The molecule has 0 radical (unpaired) electrons. The maximum Gasteiger partial charge on any atom is 0.422 e. The molecule has 0 bridgehead atoms. The van der Waals surface area contributed by atoms with Crippen molar-refractivity contribution in [2.24, 2.45) is 5.73 Å². The summed E-state index contributed by atoms with van der Waals surface area (Å²) in [5, 5.41) is 2.58. The molecule has 0 atom stereocenters. The van der Waals surface area contributed by atoms with Gasteiger partial charge in [0.1, 0.15) is 0 Å². The van der Waals surface area contributed by atoms with E-state index in [1.165, 1.54) is 18.3 Å². The van der Waals surface area contributed by atoms with Crippen LogP contribution in [0.15, 0.2) is 18.3 Å². The fourth-order valence-corrected chi connectivity index (χ4v) is 1.35. The molecule has 1 amide bonds. The molecule has 1 rings (SSSR count). The second-order valence-corrected chi connectivity index (χ2v) is 5.33. The van der Waals surface area contributed by atoms with E-state index < -0.39 is 18.3 Å². The maximum atomic E-state index is 12.0. The van der Waals surface area contributed by atoms with E-state index in [2.05, 4.69) is 15.0 Å².